The first kappa shape index (κ1) is 16.6. The third kappa shape index (κ3) is 3.80. The minimum Gasteiger partial charge on any atom is -0.497 e. The second-order valence-corrected chi connectivity index (χ2v) is 5.28. The summed E-state index contributed by atoms with van der Waals surface area (Å²) in [6.07, 6.45) is 0. The van der Waals surface area contributed by atoms with Gasteiger partial charge in [-0.2, -0.15) is 5.10 Å². The van der Waals surface area contributed by atoms with Crippen LogP contribution in [0.1, 0.15) is 17.4 Å². The zero-order chi connectivity index (χ0) is 17.6. The molecule has 3 aromatic rings. The van der Waals surface area contributed by atoms with Gasteiger partial charge in [-0.05, 0) is 37.3 Å². The van der Waals surface area contributed by atoms with E-state index in [1.54, 1.807) is 19.2 Å². The summed E-state index contributed by atoms with van der Waals surface area (Å²) in [7, 11) is 1.61. The Balaban J connectivity index is 1.79. The number of carbonyl (C=O) groups excluding carboxylic acids is 1. The maximum atomic E-state index is 12.5. The van der Waals surface area contributed by atoms with Gasteiger partial charge in [-0.1, -0.05) is 24.3 Å². The standard InChI is InChI=1S/C19H19N3O3/c1-3-25-18-10-5-4-9-15(18)20-19(23)17-12-16(21-22-17)13-7-6-8-14(11-13)24-2/h4-12H,3H2,1-2H3,(H,20,23)(H,21,22). The van der Waals surface area contributed by atoms with Crippen LogP contribution >= 0.6 is 0 Å². The van der Waals surface area contributed by atoms with Gasteiger partial charge < -0.3 is 14.8 Å². The van der Waals surface area contributed by atoms with Crippen molar-refractivity contribution in [3.63, 3.8) is 0 Å². The summed E-state index contributed by atoms with van der Waals surface area (Å²) in [6, 6.07) is 16.5. The molecule has 25 heavy (non-hydrogen) atoms. The highest BCUT2D eigenvalue weighted by Crippen LogP contribution is 2.25. The summed E-state index contributed by atoms with van der Waals surface area (Å²) < 4.78 is 10.7. The van der Waals surface area contributed by atoms with E-state index >= 15 is 0 Å². The molecule has 2 N–H and O–H groups in total. The first-order valence-corrected chi connectivity index (χ1v) is 7.94. The van der Waals surface area contributed by atoms with Gasteiger partial charge in [-0.15, -0.1) is 0 Å². The van der Waals surface area contributed by atoms with Crippen LogP contribution in [0, 0.1) is 0 Å². The number of anilines is 1. The van der Waals surface area contributed by atoms with Crippen molar-refractivity contribution >= 4 is 11.6 Å². The number of hydrogen-bond acceptors (Lipinski definition) is 4. The van der Waals surface area contributed by atoms with Crippen LogP contribution in [0.4, 0.5) is 5.69 Å². The average molecular weight is 337 g/mol. The van der Waals surface area contributed by atoms with Crippen molar-refractivity contribution in [2.75, 3.05) is 19.0 Å². The van der Waals surface area contributed by atoms with Gasteiger partial charge >= 0.3 is 0 Å². The van der Waals surface area contributed by atoms with Crippen molar-refractivity contribution in [2.45, 2.75) is 6.92 Å². The Morgan fingerprint density at radius 1 is 1.16 bits per heavy atom. The van der Waals surface area contributed by atoms with Gasteiger partial charge in [0.1, 0.15) is 17.2 Å². The number of carbonyl (C=O) groups is 1. The zero-order valence-corrected chi connectivity index (χ0v) is 14.1. The molecule has 0 fully saturated rings. The molecule has 0 radical (unpaired) electrons. The first-order valence-electron chi connectivity index (χ1n) is 7.94. The number of methoxy groups -OCH3 is 1. The zero-order valence-electron chi connectivity index (χ0n) is 14.1. The summed E-state index contributed by atoms with van der Waals surface area (Å²) in [4.78, 5) is 12.5. The minimum absolute atomic E-state index is 0.284. The van der Waals surface area contributed by atoms with Crippen LogP contribution in [-0.4, -0.2) is 29.8 Å². The highest BCUT2D eigenvalue weighted by molar-refractivity contribution is 6.04. The van der Waals surface area contributed by atoms with E-state index in [-0.39, 0.29) is 5.91 Å². The molecule has 0 atom stereocenters. The smallest absolute Gasteiger partial charge is 0.273 e. The molecule has 0 aliphatic rings. The molecule has 1 amide bonds. The number of aromatic nitrogens is 2. The maximum absolute atomic E-state index is 12.5. The highest BCUT2D eigenvalue weighted by Gasteiger charge is 2.13. The minimum atomic E-state index is -0.284. The van der Waals surface area contributed by atoms with Gasteiger partial charge in [-0.3, -0.25) is 9.89 Å². The molecular formula is C19H19N3O3. The van der Waals surface area contributed by atoms with E-state index in [2.05, 4.69) is 15.5 Å². The van der Waals surface area contributed by atoms with Crippen LogP contribution in [0.3, 0.4) is 0 Å². The number of H-pyrrole nitrogens is 1. The van der Waals surface area contributed by atoms with Crippen LogP contribution in [0.2, 0.25) is 0 Å². The molecule has 1 heterocycles. The molecule has 0 bridgehead atoms. The Labute approximate surface area is 145 Å². The van der Waals surface area contributed by atoms with Gasteiger partial charge in [0.2, 0.25) is 0 Å². The summed E-state index contributed by atoms with van der Waals surface area (Å²) in [5, 5.41) is 9.82. The Kier molecular flexibility index (Phi) is 4.99. The van der Waals surface area contributed by atoms with Crippen LogP contribution in [0.5, 0.6) is 11.5 Å². The number of aromatic amines is 1. The van der Waals surface area contributed by atoms with Crippen molar-refractivity contribution in [1.29, 1.82) is 0 Å². The molecule has 128 valence electrons. The molecule has 6 heteroatoms. The largest absolute Gasteiger partial charge is 0.497 e. The van der Waals surface area contributed by atoms with Crippen molar-refractivity contribution in [3.8, 4) is 22.8 Å². The van der Waals surface area contributed by atoms with Crippen molar-refractivity contribution in [2.24, 2.45) is 0 Å². The molecule has 0 aliphatic heterocycles. The lowest BCUT2D eigenvalue weighted by molar-refractivity contribution is 0.102. The predicted octanol–water partition coefficient (Wildman–Crippen LogP) is 3.74. The molecule has 6 nitrogen and oxygen atoms in total. The van der Waals surface area contributed by atoms with Crippen molar-refractivity contribution in [1.82, 2.24) is 10.2 Å². The van der Waals surface area contributed by atoms with E-state index in [1.165, 1.54) is 0 Å². The van der Waals surface area contributed by atoms with Crippen molar-refractivity contribution < 1.29 is 14.3 Å². The van der Waals surface area contributed by atoms with E-state index in [0.717, 1.165) is 11.3 Å². The second-order valence-electron chi connectivity index (χ2n) is 5.28. The molecule has 0 unspecified atom stereocenters. The number of para-hydroxylation sites is 2. The topological polar surface area (TPSA) is 76.2 Å². The number of ether oxygens (including phenoxy) is 2. The molecular weight excluding hydrogens is 318 g/mol. The van der Waals surface area contributed by atoms with Crippen LogP contribution in [0.15, 0.2) is 54.6 Å². The third-order valence-electron chi connectivity index (χ3n) is 3.62. The van der Waals surface area contributed by atoms with Gasteiger partial charge in [0.15, 0.2) is 0 Å². The maximum Gasteiger partial charge on any atom is 0.273 e. The van der Waals surface area contributed by atoms with Crippen molar-refractivity contribution in [3.05, 3.63) is 60.3 Å². The molecule has 2 aromatic carbocycles. The second kappa shape index (κ2) is 7.53. The molecule has 1 aromatic heterocycles. The molecule has 0 aliphatic carbocycles. The SMILES string of the molecule is CCOc1ccccc1NC(=O)c1cc(-c2cccc(OC)c2)n[nH]1. The lowest BCUT2D eigenvalue weighted by Gasteiger charge is -2.10. The van der Waals surface area contributed by atoms with E-state index in [9.17, 15) is 4.79 Å². The van der Waals surface area contributed by atoms with Gasteiger partial charge in [-0.25, -0.2) is 0 Å². The number of rotatable bonds is 6. The Hall–Kier alpha value is -3.28. The fraction of sp³-hybridized carbons (Fsp3) is 0.158. The van der Waals surface area contributed by atoms with E-state index in [0.29, 0.717) is 29.4 Å². The number of hydrogen-bond donors (Lipinski definition) is 2. The number of nitrogens with zero attached hydrogens (tertiary/aromatic N) is 1. The van der Waals surface area contributed by atoms with E-state index in [4.69, 9.17) is 9.47 Å². The number of amides is 1. The first-order chi connectivity index (χ1) is 12.2. The molecule has 0 saturated heterocycles. The highest BCUT2D eigenvalue weighted by atomic mass is 16.5. The summed E-state index contributed by atoms with van der Waals surface area (Å²) in [6.45, 7) is 2.42. The molecule has 3 rings (SSSR count). The normalized spacial score (nSPS) is 10.3. The monoisotopic (exact) mass is 337 g/mol. The molecule has 0 saturated carbocycles. The predicted molar refractivity (Wildman–Crippen MR) is 96.1 cm³/mol. The number of benzene rings is 2. The van der Waals surface area contributed by atoms with Crippen LogP contribution in [0.25, 0.3) is 11.3 Å². The lowest BCUT2D eigenvalue weighted by Crippen LogP contribution is -2.13. The van der Waals surface area contributed by atoms with Gasteiger partial charge in [0.25, 0.3) is 5.91 Å². The van der Waals surface area contributed by atoms with Crippen LogP contribution < -0.4 is 14.8 Å². The van der Waals surface area contributed by atoms with Gasteiger partial charge in [0, 0.05) is 5.56 Å². The summed E-state index contributed by atoms with van der Waals surface area (Å²) in [5.41, 5.74) is 2.52. The fourth-order valence-electron chi connectivity index (χ4n) is 2.41. The van der Waals surface area contributed by atoms with E-state index < -0.39 is 0 Å². The Morgan fingerprint density at radius 2 is 2.00 bits per heavy atom. The number of nitrogens with one attached hydrogen (secondary N) is 2. The molecule has 0 spiro atoms. The quantitative estimate of drug-likeness (QED) is 0.718. The Bertz CT molecular complexity index is 874. The fourth-order valence-corrected chi connectivity index (χ4v) is 2.41. The average Bonchev–Trinajstić information content (AvgIpc) is 3.14. The lowest BCUT2D eigenvalue weighted by atomic mass is 10.1. The summed E-state index contributed by atoms with van der Waals surface area (Å²) in [5.74, 6) is 1.08. The summed E-state index contributed by atoms with van der Waals surface area (Å²) >= 11 is 0. The Morgan fingerprint density at radius 3 is 2.80 bits per heavy atom. The third-order valence-corrected chi connectivity index (χ3v) is 3.62. The van der Waals surface area contributed by atoms with Gasteiger partial charge in [0.05, 0.1) is 25.1 Å². The van der Waals surface area contributed by atoms with E-state index in [1.807, 2.05) is 49.4 Å². The van der Waals surface area contributed by atoms with Crippen LogP contribution in [-0.2, 0) is 0 Å².